The molecule has 186 valence electrons. The van der Waals surface area contributed by atoms with Gasteiger partial charge in [-0.3, -0.25) is 14.9 Å². The summed E-state index contributed by atoms with van der Waals surface area (Å²) in [5.74, 6) is -0.432. The van der Waals surface area contributed by atoms with Gasteiger partial charge in [0.1, 0.15) is 11.8 Å². The maximum absolute atomic E-state index is 13.0. The molecule has 0 aliphatic rings. The molecule has 0 radical (unpaired) electrons. The topological polar surface area (TPSA) is 120 Å². The van der Waals surface area contributed by atoms with E-state index in [9.17, 15) is 18.0 Å². The third-order valence-electron chi connectivity index (χ3n) is 5.59. The second kappa shape index (κ2) is 12.0. The number of rotatable bonds is 11. The summed E-state index contributed by atoms with van der Waals surface area (Å²) in [6.45, 7) is 5.77. The van der Waals surface area contributed by atoms with Gasteiger partial charge in [-0.1, -0.05) is 24.3 Å². The Labute approximate surface area is 200 Å². The number of aryl methyl sites for hydroxylation is 1. The van der Waals surface area contributed by atoms with Crippen molar-refractivity contribution in [2.75, 3.05) is 21.3 Å². The third-order valence-corrected chi connectivity index (χ3v) is 7.28. The monoisotopic (exact) mass is 492 g/mol. The van der Waals surface area contributed by atoms with Crippen molar-refractivity contribution in [2.24, 2.45) is 0 Å². The molecule has 1 atom stereocenters. The first-order valence-corrected chi connectivity index (χ1v) is 12.1. The summed E-state index contributed by atoms with van der Waals surface area (Å²) < 4.78 is 43.3. The molecule has 2 rings (SSSR count). The average Bonchev–Trinajstić information content (AvgIpc) is 2.82. The van der Waals surface area contributed by atoms with Crippen molar-refractivity contribution < 1.29 is 32.2 Å². The zero-order chi connectivity index (χ0) is 25.5. The number of benzene rings is 2. The van der Waals surface area contributed by atoms with E-state index in [1.807, 2.05) is 19.1 Å². The van der Waals surface area contributed by atoms with Crippen molar-refractivity contribution >= 4 is 22.0 Å². The van der Waals surface area contributed by atoms with Crippen LogP contribution in [0.4, 0.5) is 0 Å². The van der Waals surface area contributed by atoms with Crippen LogP contribution in [-0.4, -0.2) is 47.7 Å². The third kappa shape index (κ3) is 6.78. The number of hydrogen-bond acceptors (Lipinski definition) is 8. The normalized spacial score (nSPS) is 12.2. The van der Waals surface area contributed by atoms with Crippen molar-refractivity contribution in [3.8, 4) is 5.75 Å². The van der Waals surface area contributed by atoms with Crippen LogP contribution in [0.3, 0.4) is 0 Å². The first-order chi connectivity index (χ1) is 16.0. The molecule has 0 saturated heterocycles. The number of sulfonamides is 1. The highest BCUT2D eigenvalue weighted by Gasteiger charge is 2.23. The van der Waals surface area contributed by atoms with E-state index in [4.69, 9.17) is 9.47 Å². The molecule has 0 saturated carbocycles. The van der Waals surface area contributed by atoms with Gasteiger partial charge < -0.3 is 14.2 Å². The Balaban J connectivity index is 2.06. The minimum atomic E-state index is -3.74. The first kappa shape index (κ1) is 27.3. The predicted octanol–water partition coefficient (Wildman–Crippen LogP) is 2.29. The van der Waals surface area contributed by atoms with Crippen LogP contribution in [0.2, 0.25) is 0 Å². The lowest BCUT2D eigenvalue weighted by atomic mass is 10.1. The second-order valence-electron chi connectivity index (χ2n) is 7.85. The van der Waals surface area contributed by atoms with Gasteiger partial charge >= 0.3 is 11.9 Å². The molecule has 10 heteroatoms. The molecule has 2 N–H and O–H groups in total. The molecule has 2 aromatic carbocycles. The van der Waals surface area contributed by atoms with Crippen molar-refractivity contribution in [3.63, 3.8) is 0 Å². The van der Waals surface area contributed by atoms with Crippen molar-refractivity contribution in [1.29, 1.82) is 0 Å². The highest BCUT2D eigenvalue weighted by atomic mass is 32.2. The summed E-state index contributed by atoms with van der Waals surface area (Å²) >= 11 is 0. The number of methoxy groups -OCH3 is 3. The standard InChI is InChI=1S/C24H32N2O7S/c1-15-11-21(31-4)16(2)17(3)23(15)34(29,30)26-14-19-9-7-18(8-10-19)13-25-20(24(28)33-6)12-22(27)32-5/h7-11,20,25-26H,12-14H2,1-6H3/t20-/m1/s1. The van der Waals surface area contributed by atoms with E-state index in [2.05, 4.69) is 14.8 Å². The molecule has 0 spiro atoms. The van der Waals surface area contributed by atoms with E-state index in [1.165, 1.54) is 14.2 Å². The van der Waals surface area contributed by atoms with E-state index in [1.54, 1.807) is 39.2 Å². The smallest absolute Gasteiger partial charge is 0.323 e. The Bertz CT molecular complexity index is 1130. The molecule has 2 aromatic rings. The van der Waals surface area contributed by atoms with Crippen LogP contribution in [0.5, 0.6) is 5.75 Å². The number of nitrogens with one attached hydrogen (secondary N) is 2. The number of ether oxygens (including phenoxy) is 3. The SMILES string of the molecule is COC(=O)C[C@@H](NCc1ccc(CNS(=O)(=O)c2c(C)cc(OC)c(C)c2C)cc1)C(=O)OC. The largest absolute Gasteiger partial charge is 0.496 e. The van der Waals surface area contributed by atoms with E-state index >= 15 is 0 Å². The zero-order valence-electron chi connectivity index (χ0n) is 20.4. The number of carbonyl (C=O) groups excluding carboxylic acids is 2. The predicted molar refractivity (Wildman–Crippen MR) is 127 cm³/mol. The molecule has 0 unspecified atom stereocenters. The molecule has 0 aliphatic carbocycles. The summed E-state index contributed by atoms with van der Waals surface area (Å²) in [6, 6.07) is 8.12. The maximum atomic E-state index is 13.0. The van der Waals surface area contributed by atoms with Gasteiger partial charge in [-0.15, -0.1) is 0 Å². The van der Waals surface area contributed by atoms with Crippen LogP contribution in [0.15, 0.2) is 35.2 Å². The van der Waals surface area contributed by atoms with Crippen molar-refractivity contribution in [3.05, 3.63) is 58.1 Å². The van der Waals surface area contributed by atoms with Gasteiger partial charge in [0.15, 0.2) is 0 Å². The lowest BCUT2D eigenvalue weighted by Gasteiger charge is -2.17. The average molecular weight is 493 g/mol. The number of esters is 2. The summed E-state index contributed by atoms with van der Waals surface area (Å²) in [7, 11) is 0.321. The van der Waals surface area contributed by atoms with Crippen molar-refractivity contribution in [2.45, 2.75) is 51.2 Å². The number of carbonyl (C=O) groups is 2. The lowest BCUT2D eigenvalue weighted by molar-refractivity contribution is -0.149. The highest BCUT2D eigenvalue weighted by Crippen LogP contribution is 2.30. The van der Waals surface area contributed by atoms with Crippen LogP contribution >= 0.6 is 0 Å². The minimum absolute atomic E-state index is 0.118. The molecule has 0 fully saturated rings. The Morgan fingerprint density at radius 1 is 0.912 bits per heavy atom. The van der Waals surface area contributed by atoms with E-state index in [0.29, 0.717) is 23.4 Å². The molecule has 0 amide bonds. The van der Waals surface area contributed by atoms with E-state index in [-0.39, 0.29) is 17.9 Å². The van der Waals surface area contributed by atoms with Crippen LogP contribution in [-0.2, 0) is 42.2 Å². The van der Waals surface area contributed by atoms with Crippen LogP contribution < -0.4 is 14.8 Å². The molecule has 0 aliphatic heterocycles. The Morgan fingerprint density at radius 2 is 1.50 bits per heavy atom. The molecule has 0 aromatic heterocycles. The molecule has 9 nitrogen and oxygen atoms in total. The van der Waals surface area contributed by atoms with Gasteiger partial charge in [0.2, 0.25) is 10.0 Å². The van der Waals surface area contributed by atoms with Gasteiger partial charge in [-0.25, -0.2) is 13.1 Å². The molecule has 0 bridgehead atoms. The fourth-order valence-corrected chi connectivity index (χ4v) is 5.08. The van der Waals surface area contributed by atoms with Gasteiger partial charge in [-0.05, 0) is 54.7 Å². The Morgan fingerprint density at radius 3 is 2.03 bits per heavy atom. The van der Waals surface area contributed by atoms with Gasteiger partial charge in [0, 0.05) is 13.1 Å². The zero-order valence-corrected chi connectivity index (χ0v) is 21.2. The van der Waals surface area contributed by atoms with Crippen LogP contribution in [0.1, 0.15) is 34.2 Å². The minimum Gasteiger partial charge on any atom is -0.496 e. The maximum Gasteiger partial charge on any atom is 0.323 e. The van der Waals surface area contributed by atoms with E-state index < -0.39 is 28.0 Å². The number of hydrogen-bond donors (Lipinski definition) is 2. The van der Waals surface area contributed by atoms with Gasteiger partial charge in [0.25, 0.3) is 0 Å². The second-order valence-corrected chi connectivity index (χ2v) is 9.56. The van der Waals surface area contributed by atoms with E-state index in [0.717, 1.165) is 16.7 Å². The highest BCUT2D eigenvalue weighted by molar-refractivity contribution is 7.89. The van der Waals surface area contributed by atoms with Crippen LogP contribution in [0, 0.1) is 20.8 Å². The molecular weight excluding hydrogens is 460 g/mol. The molecular formula is C24H32N2O7S. The van der Waals surface area contributed by atoms with Crippen LogP contribution in [0.25, 0.3) is 0 Å². The summed E-state index contributed by atoms with van der Waals surface area (Å²) in [5.41, 5.74) is 3.66. The summed E-state index contributed by atoms with van der Waals surface area (Å²) in [5, 5.41) is 2.98. The first-order valence-electron chi connectivity index (χ1n) is 10.6. The fraction of sp³-hybridized carbons (Fsp3) is 0.417. The molecule has 34 heavy (non-hydrogen) atoms. The summed E-state index contributed by atoms with van der Waals surface area (Å²) in [4.78, 5) is 23.6. The lowest BCUT2D eigenvalue weighted by Crippen LogP contribution is -2.39. The Kier molecular flexibility index (Phi) is 9.60. The molecule has 0 heterocycles. The van der Waals surface area contributed by atoms with Gasteiger partial charge in [0.05, 0.1) is 32.6 Å². The van der Waals surface area contributed by atoms with Gasteiger partial charge in [-0.2, -0.15) is 0 Å². The summed E-state index contributed by atoms with van der Waals surface area (Å²) in [6.07, 6.45) is -0.146. The quantitative estimate of drug-likeness (QED) is 0.459. The Hall–Kier alpha value is -2.95. The van der Waals surface area contributed by atoms with Crippen molar-refractivity contribution in [1.82, 2.24) is 10.0 Å². The fourth-order valence-electron chi connectivity index (χ4n) is 3.54.